The number of aromatic hydroxyl groups is 1. The third kappa shape index (κ3) is 1.93. The molecule has 3 N–H and O–H groups in total. The standard InChI is InChI=1S/C9H11F2NO2/c1-14-6-4-2-3-5(13)7(6)8(12)9(10)11/h2-4,8-9,13H,12H2,1H3/t8-/m0/s1. The average molecular weight is 203 g/mol. The quantitative estimate of drug-likeness (QED) is 0.785. The molecule has 14 heavy (non-hydrogen) atoms. The summed E-state index contributed by atoms with van der Waals surface area (Å²) >= 11 is 0. The zero-order chi connectivity index (χ0) is 10.7. The summed E-state index contributed by atoms with van der Waals surface area (Å²) in [4.78, 5) is 0. The van der Waals surface area contributed by atoms with Crippen LogP contribution in [-0.2, 0) is 0 Å². The maximum absolute atomic E-state index is 12.3. The van der Waals surface area contributed by atoms with Crippen LogP contribution in [0.15, 0.2) is 18.2 Å². The van der Waals surface area contributed by atoms with E-state index in [0.717, 1.165) is 0 Å². The summed E-state index contributed by atoms with van der Waals surface area (Å²) in [6, 6.07) is 2.72. The monoisotopic (exact) mass is 203 g/mol. The highest BCUT2D eigenvalue weighted by Crippen LogP contribution is 2.34. The SMILES string of the molecule is COc1cccc(O)c1[C@H](N)C(F)F. The molecule has 0 amide bonds. The molecule has 0 spiro atoms. The van der Waals surface area contributed by atoms with Crippen molar-refractivity contribution in [2.24, 2.45) is 5.73 Å². The summed E-state index contributed by atoms with van der Waals surface area (Å²) in [5, 5.41) is 9.35. The third-order valence-electron chi connectivity index (χ3n) is 1.87. The number of phenols is 1. The van der Waals surface area contributed by atoms with Gasteiger partial charge in [0.25, 0.3) is 6.43 Å². The van der Waals surface area contributed by atoms with Gasteiger partial charge in [-0.05, 0) is 12.1 Å². The van der Waals surface area contributed by atoms with Crippen molar-refractivity contribution in [2.45, 2.75) is 12.5 Å². The Hall–Kier alpha value is -1.36. The highest BCUT2D eigenvalue weighted by atomic mass is 19.3. The number of hydrogen-bond donors (Lipinski definition) is 2. The van der Waals surface area contributed by atoms with E-state index >= 15 is 0 Å². The highest BCUT2D eigenvalue weighted by Gasteiger charge is 2.24. The Morgan fingerprint density at radius 1 is 1.43 bits per heavy atom. The minimum absolute atomic E-state index is 0.0648. The predicted octanol–water partition coefficient (Wildman–Crippen LogP) is 1.67. The maximum atomic E-state index is 12.3. The smallest absolute Gasteiger partial charge is 0.257 e. The van der Waals surface area contributed by atoms with E-state index in [0.29, 0.717) is 0 Å². The van der Waals surface area contributed by atoms with E-state index in [2.05, 4.69) is 0 Å². The van der Waals surface area contributed by atoms with Crippen LogP contribution in [0.25, 0.3) is 0 Å². The van der Waals surface area contributed by atoms with Crippen LogP contribution >= 0.6 is 0 Å². The normalized spacial score (nSPS) is 12.9. The highest BCUT2D eigenvalue weighted by molar-refractivity contribution is 5.46. The van der Waals surface area contributed by atoms with Crippen LogP contribution in [0.2, 0.25) is 0 Å². The number of ether oxygens (including phenoxy) is 1. The number of halogens is 2. The van der Waals surface area contributed by atoms with Gasteiger partial charge in [0.15, 0.2) is 0 Å². The number of hydrogen-bond acceptors (Lipinski definition) is 3. The molecule has 0 unspecified atom stereocenters. The molecule has 1 aromatic rings. The fourth-order valence-electron chi connectivity index (χ4n) is 1.17. The summed E-state index contributed by atoms with van der Waals surface area (Å²) in [5.41, 5.74) is 5.16. The van der Waals surface area contributed by atoms with Crippen LogP contribution in [0.4, 0.5) is 8.78 Å². The molecule has 78 valence electrons. The predicted molar refractivity (Wildman–Crippen MR) is 47.6 cm³/mol. The minimum Gasteiger partial charge on any atom is -0.507 e. The van der Waals surface area contributed by atoms with Crippen molar-refractivity contribution in [3.05, 3.63) is 23.8 Å². The zero-order valence-electron chi connectivity index (χ0n) is 7.58. The molecule has 0 bridgehead atoms. The lowest BCUT2D eigenvalue weighted by atomic mass is 10.1. The Bertz CT molecular complexity index is 318. The van der Waals surface area contributed by atoms with Crippen molar-refractivity contribution in [2.75, 3.05) is 7.11 Å². The van der Waals surface area contributed by atoms with Gasteiger partial charge in [-0.1, -0.05) is 6.07 Å². The van der Waals surface area contributed by atoms with Crippen LogP contribution < -0.4 is 10.5 Å². The van der Waals surface area contributed by atoms with Crippen molar-refractivity contribution in [1.82, 2.24) is 0 Å². The van der Waals surface area contributed by atoms with E-state index in [1.165, 1.54) is 25.3 Å². The van der Waals surface area contributed by atoms with Gasteiger partial charge >= 0.3 is 0 Å². The first-order chi connectivity index (χ1) is 6.57. The van der Waals surface area contributed by atoms with Crippen molar-refractivity contribution < 1.29 is 18.6 Å². The van der Waals surface area contributed by atoms with Gasteiger partial charge in [-0.15, -0.1) is 0 Å². The molecule has 1 rings (SSSR count). The van der Waals surface area contributed by atoms with Gasteiger partial charge in [-0.2, -0.15) is 0 Å². The van der Waals surface area contributed by atoms with Gasteiger partial charge in [0.2, 0.25) is 0 Å². The Morgan fingerprint density at radius 3 is 2.57 bits per heavy atom. The molecule has 0 radical (unpaired) electrons. The summed E-state index contributed by atoms with van der Waals surface area (Å²) in [6.45, 7) is 0. The fourth-order valence-corrected chi connectivity index (χ4v) is 1.17. The largest absolute Gasteiger partial charge is 0.507 e. The molecule has 3 nitrogen and oxygen atoms in total. The number of methoxy groups -OCH3 is 1. The molecule has 0 heterocycles. The molecular weight excluding hydrogens is 192 g/mol. The fraction of sp³-hybridized carbons (Fsp3) is 0.333. The van der Waals surface area contributed by atoms with Crippen LogP contribution in [0.3, 0.4) is 0 Å². The Balaban J connectivity index is 3.16. The lowest BCUT2D eigenvalue weighted by molar-refractivity contribution is 0.114. The van der Waals surface area contributed by atoms with E-state index in [-0.39, 0.29) is 17.1 Å². The number of rotatable bonds is 3. The number of benzene rings is 1. The molecule has 0 saturated heterocycles. The molecule has 0 aliphatic rings. The van der Waals surface area contributed by atoms with E-state index < -0.39 is 12.5 Å². The number of nitrogens with two attached hydrogens (primary N) is 1. The van der Waals surface area contributed by atoms with Gasteiger partial charge in [0.05, 0.1) is 18.7 Å². The minimum atomic E-state index is -2.74. The van der Waals surface area contributed by atoms with Gasteiger partial charge in [0.1, 0.15) is 11.5 Å². The lowest BCUT2D eigenvalue weighted by Crippen LogP contribution is -2.19. The molecule has 0 aliphatic heterocycles. The molecule has 1 aromatic carbocycles. The molecular formula is C9H11F2NO2. The topological polar surface area (TPSA) is 55.5 Å². The summed E-state index contributed by atoms with van der Waals surface area (Å²) < 4.78 is 29.5. The summed E-state index contributed by atoms with van der Waals surface area (Å²) in [5.74, 6) is -0.116. The van der Waals surface area contributed by atoms with E-state index in [4.69, 9.17) is 10.5 Å². The number of alkyl halides is 2. The summed E-state index contributed by atoms with van der Waals surface area (Å²) in [7, 11) is 1.33. The number of phenolic OH excluding ortho intramolecular Hbond substituents is 1. The van der Waals surface area contributed by atoms with Crippen molar-refractivity contribution >= 4 is 0 Å². The maximum Gasteiger partial charge on any atom is 0.257 e. The molecule has 1 atom stereocenters. The van der Waals surface area contributed by atoms with Gasteiger partial charge in [-0.3, -0.25) is 0 Å². The van der Waals surface area contributed by atoms with Crippen molar-refractivity contribution in [3.8, 4) is 11.5 Å². The second kappa shape index (κ2) is 4.23. The Morgan fingerprint density at radius 2 is 2.07 bits per heavy atom. The molecule has 0 aromatic heterocycles. The van der Waals surface area contributed by atoms with Crippen LogP contribution in [-0.4, -0.2) is 18.6 Å². The van der Waals surface area contributed by atoms with Gasteiger partial charge < -0.3 is 15.6 Å². The zero-order valence-corrected chi connectivity index (χ0v) is 7.58. The lowest BCUT2D eigenvalue weighted by Gasteiger charge is -2.15. The molecule has 0 fully saturated rings. The van der Waals surface area contributed by atoms with Crippen molar-refractivity contribution in [1.29, 1.82) is 0 Å². The summed E-state index contributed by atoms with van der Waals surface area (Å²) in [6.07, 6.45) is -2.74. The second-order valence-electron chi connectivity index (χ2n) is 2.75. The third-order valence-corrected chi connectivity index (χ3v) is 1.87. The first kappa shape index (κ1) is 10.7. The van der Waals surface area contributed by atoms with Gasteiger partial charge in [0, 0.05) is 0 Å². The van der Waals surface area contributed by atoms with Crippen LogP contribution in [0, 0.1) is 0 Å². The van der Waals surface area contributed by atoms with E-state index in [1.807, 2.05) is 0 Å². The molecule has 5 heteroatoms. The molecule has 0 aliphatic carbocycles. The second-order valence-corrected chi connectivity index (χ2v) is 2.75. The Kier molecular flexibility index (Phi) is 3.24. The average Bonchev–Trinajstić information content (AvgIpc) is 2.16. The van der Waals surface area contributed by atoms with Crippen LogP contribution in [0.5, 0.6) is 11.5 Å². The van der Waals surface area contributed by atoms with Crippen LogP contribution in [0.1, 0.15) is 11.6 Å². The Labute approximate surface area is 80.1 Å². The molecule has 0 saturated carbocycles. The van der Waals surface area contributed by atoms with Gasteiger partial charge in [-0.25, -0.2) is 8.78 Å². The van der Waals surface area contributed by atoms with Crippen molar-refractivity contribution in [3.63, 3.8) is 0 Å². The first-order valence-electron chi connectivity index (χ1n) is 3.97. The first-order valence-corrected chi connectivity index (χ1v) is 3.97. The van der Waals surface area contributed by atoms with E-state index in [9.17, 15) is 13.9 Å². The van der Waals surface area contributed by atoms with E-state index in [1.54, 1.807) is 0 Å².